The van der Waals surface area contributed by atoms with Gasteiger partial charge in [-0.2, -0.15) is 0 Å². The van der Waals surface area contributed by atoms with Gasteiger partial charge in [0, 0.05) is 26.0 Å². The normalized spacial score (nSPS) is 20.3. The lowest BCUT2D eigenvalue weighted by molar-refractivity contribution is 0.285. The van der Waals surface area contributed by atoms with Crippen LogP contribution in [0.1, 0.15) is 24.5 Å². The molecule has 3 N–H and O–H groups in total. The number of aryl methyl sites for hydroxylation is 2. The molecule has 15 heavy (non-hydrogen) atoms. The number of aliphatic hydroxyl groups excluding tert-OH is 1. The molecule has 5 nitrogen and oxygen atoms in total. The van der Waals surface area contributed by atoms with Gasteiger partial charge in [0.25, 0.3) is 0 Å². The lowest BCUT2D eigenvalue weighted by atomic mass is 9.99. The van der Waals surface area contributed by atoms with Gasteiger partial charge in [0.1, 0.15) is 11.6 Å². The average Bonchev–Trinajstić information content (AvgIpc) is 2.68. The third kappa shape index (κ3) is 2.18. The maximum absolute atomic E-state index is 8.79. The van der Waals surface area contributed by atoms with Crippen LogP contribution >= 0.6 is 0 Å². The van der Waals surface area contributed by atoms with Gasteiger partial charge in [0.05, 0.1) is 0 Å². The van der Waals surface area contributed by atoms with Crippen molar-refractivity contribution in [1.82, 2.24) is 14.8 Å². The summed E-state index contributed by atoms with van der Waals surface area (Å²) >= 11 is 0. The molecule has 0 saturated heterocycles. The van der Waals surface area contributed by atoms with E-state index in [2.05, 4.69) is 14.8 Å². The van der Waals surface area contributed by atoms with Crippen molar-refractivity contribution < 1.29 is 5.11 Å². The van der Waals surface area contributed by atoms with Gasteiger partial charge in [-0.1, -0.05) is 0 Å². The summed E-state index contributed by atoms with van der Waals surface area (Å²) in [6.45, 7) is 1.89. The Balaban J connectivity index is 2.10. The molecular formula is C10H18N4O. The fourth-order valence-electron chi connectivity index (χ4n) is 2.07. The number of hydrogen-bond acceptors (Lipinski definition) is 4. The molecule has 0 amide bonds. The molecule has 1 unspecified atom stereocenters. The Morgan fingerprint density at radius 3 is 3.07 bits per heavy atom. The SMILES string of the molecule is NCC1CCc2nnc(CCCO)n2C1. The molecule has 1 aliphatic rings. The molecule has 1 aromatic heterocycles. The summed E-state index contributed by atoms with van der Waals surface area (Å²) in [6, 6.07) is 0. The molecule has 2 rings (SSSR count). The van der Waals surface area contributed by atoms with Gasteiger partial charge < -0.3 is 15.4 Å². The van der Waals surface area contributed by atoms with Gasteiger partial charge >= 0.3 is 0 Å². The second-order valence-corrected chi connectivity index (χ2v) is 4.11. The summed E-state index contributed by atoms with van der Waals surface area (Å²) in [6.07, 6.45) is 3.66. The van der Waals surface area contributed by atoms with Crippen molar-refractivity contribution in [3.63, 3.8) is 0 Å². The number of rotatable bonds is 4. The van der Waals surface area contributed by atoms with E-state index >= 15 is 0 Å². The standard InChI is InChI=1S/C10H18N4O/c11-6-8-3-4-10-13-12-9(2-1-5-15)14(10)7-8/h8,15H,1-7,11H2. The molecule has 84 valence electrons. The van der Waals surface area contributed by atoms with Crippen LogP contribution in [0.4, 0.5) is 0 Å². The molecule has 2 heterocycles. The van der Waals surface area contributed by atoms with Gasteiger partial charge in [-0.15, -0.1) is 10.2 Å². The Bertz CT molecular complexity index is 323. The summed E-state index contributed by atoms with van der Waals surface area (Å²) < 4.78 is 2.18. The molecule has 0 aromatic carbocycles. The molecule has 0 saturated carbocycles. The number of hydrogen-bond donors (Lipinski definition) is 2. The topological polar surface area (TPSA) is 77.0 Å². The van der Waals surface area contributed by atoms with Crippen LogP contribution < -0.4 is 5.73 Å². The monoisotopic (exact) mass is 210 g/mol. The quantitative estimate of drug-likeness (QED) is 0.717. The minimum atomic E-state index is 0.211. The van der Waals surface area contributed by atoms with Crippen molar-refractivity contribution in [1.29, 1.82) is 0 Å². The zero-order valence-corrected chi connectivity index (χ0v) is 8.89. The first-order valence-electron chi connectivity index (χ1n) is 5.57. The summed E-state index contributed by atoms with van der Waals surface area (Å²) in [5.41, 5.74) is 5.69. The second-order valence-electron chi connectivity index (χ2n) is 4.11. The third-order valence-electron chi connectivity index (χ3n) is 3.01. The number of nitrogens with zero attached hydrogens (tertiary/aromatic N) is 3. The third-order valence-corrected chi connectivity index (χ3v) is 3.01. The summed E-state index contributed by atoms with van der Waals surface area (Å²) in [5.74, 6) is 2.63. The fraction of sp³-hybridized carbons (Fsp3) is 0.800. The van der Waals surface area contributed by atoms with Crippen LogP contribution in [0.5, 0.6) is 0 Å². The van der Waals surface area contributed by atoms with E-state index in [0.29, 0.717) is 5.92 Å². The van der Waals surface area contributed by atoms with Gasteiger partial charge in [-0.3, -0.25) is 0 Å². The summed E-state index contributed by atoms with van der Waals surface area (Å²) in [5, 5.41) is 17.1. The maximum Gasteiger partial charge on any atom is 0.133 e. The molecule has 1 aromatic rings. The predicted octanol–water partition coefficient (Wildman–Crippen LogP) is -0.276. The van der Waals surface area contributed by atoms with Crippen LogP contribution in [0, 0.1) is 5.92 Å². The van der Waals surface area contributed by atoms with Crippen molar-refractivity contribution in [2.75, 3.05) is 13.2 Å². The van der Waals surface area contributed by atoms with Crippen molar-refractivity contribution in [3.05, 3.63) is 11.6 Å². The van der Waals surface area contributed by atoms with E-state index in [4.69, 9.17) is 10.8 Å². The Labute approximate surface area is 89.3 Å². The molecular weight excluding hydrogens is 192 g/mol. The Morgan fingerprint density at radius 2 is 2.33 bits per heavy atom. The molecule has 0 radical (unpaired) electrons. The fourth-order valence-corrected chi connectivity index (χ4v) is 2.07. The Hall–Kier alpha value is -0.940. The van der Waals surface area contributed by atoms with Gasteiger partial charge in [0.2, 0.25) is 0 Å². The lowest BCUT2D eigenvalue weighted by Gasteiger charge is -2.22. The molecule has 0 fully saturated rings. The van der Waals surface area contributed by atoms with E-state index < -0.39 is 0 Å². The van der Waals surface area contributed by atoms with E-state index in [-0.39, 0.29) is 6.61 Å². The van der Waals surface area contributed by atoms with Gasteiger partial charge in [-0.05, 0) is 25.3 Å². The highest BCUT2D eigenvalue weighted by atomic mass is 16.2. The van der Waals surface area contributed by atoms with Crippen LogP contribution in [-0.4, -0.2) is 33.0 Å². The highest BCUT2D eigenvalue weighted by Crippen LogP contribution is 2.19. The van der Waals surface area contributed by atoms with E-state index in [1.807, 2.05) is 0 Å². The van der Waals surface area contributed by atoms with E-state index in [0.717, 1.165) is 50.4 Å². The van der Waals surface area contributed by atoms with Crippen molar-refractivity contribution in [2.45, 2.75) is 32.2 Å². The highest BCUT2D eigenvalue weighted by molar-refractivity contribution is 5.00. The van der Waals surface area contributed by atoms with Gasteiger partial charge in [-0.25, -0.2) is 0 Å². The molecule has 1 aliphatic heterocycles. The molecule has 0 spiro atoms. The van der Waals surface area contributed by atoms with Crippen molar-refractivity contribution >= 4 is 0 Å². The smallest absolute Gasteiger partial charge is 0.133 e. The first kappa shape index (κ1) is 10.6. The van der Waals surface area contributed by atoms with E-state index in [1.54, 1.807) is 0 Å². The van der Waals surface area contributed by atoms with Crippen LogP contribution in [0.2, 0.25) is 0 Å². The molecule has 0 aliphatic carbocycles. The summed E-state index contributed by atoms with van der Waals surface area (Å²) in [7, 11) is 0. The number of nitrogens with two attached hydrogens (primary N) is 1. The predicted molar refractivity (Wildman–Crippen MR) is 56.3 cm³/mol. The Morgan fingerprint density at radius 1 is 1.47 bits per heavy atom. The minimum absolute atomic E-state index is 0.211. The van der Waals surface area contributed by atoms with E-state index in [1.165, 1.54) is 0 Å². The zero-order chi connectivity index (χ0) is 10.7. The Kier molecular flexibility index (Phi) is 3.33. The minimum Gasteiger partial charge on any atom is -0.396 e. The average molecular weight is 210 g/mol. The zero-order valence-electron chi connectivity index (χ0n) is 8.89. The largest absolute Gasteiger partial charge is 0.396 e. The summed E-state index contributed by atoms with van der Waals surface area (Å²) in [4.78, 5) is 0. The van der Waals surface area contributed by atoms with Crippen LogP contribution in [0.3, 0.4) is 0 Å². The number of aromatic nitrogens is 3. The van der Waals surface area contributed by atoms with Crippen molar-refractivity contribution in [2.24, 2.45) is 11.7 Å². The van der Waals surface area contributed by atoms with Crippen molar-refractivity contribution in [3.8, 4) is 0 Å². The molecule has 5 heteroatoms. The van der Waals surface area contributed by atoms with Crippen LogP contribution in [0.25, 0.3) is 0 Å². The first-order chi connectivity index (χ1) is 7.35. The highest BCUT2D eigenvalue weighted by Gasteiger charge is 2.21. The lowest BCUT2D eigenvalue weighted by Crippen LogP contribution is -2.27. The first-order valence-corrected chi connectivity index (χ1v) is 5.57. The number of fused-ring (bicyclic) bond motifs is 1. The van der Waals surface area contributed by atoms with E-state index in [9.17, 15) is 0 Å². The second kappa shape index (κ2) is 4.72. The van der Waals surface area contributed by atoms with Crippen LogP contribution in [-0.2, 0) is 19.4 Å². The van der Waals surface area contributed by atoms with Crippen LogP contribution in [0.15, 0.2) is 0 Å². The molecule has 0 bridgehead atoms. The molecule has 1 atom stereocenters. The number of aliphatic hydroxyl groups is 1. The van der Waals surface area contributed by atoms with Gasteiger partial charge in [0.15, 0.2) is 0 Å². The maximum atomic E-state index is 8.79.